The van der Waals surface area contributed by atoms with Crippen molar-refractivity contribution in [1.82, 2.24) is 29.2 Å². The Morgan fingerprint density at radius 2 is 2.00 bits per heavy atom. The standard InChI is InChI=1S/C19H17F3N6O2/c1-4-30-18(29)12-8-23-28(10-12)13-5-6-27-15(7-13)14(9-24-27)16-11(2)26(3)25-17(16)19(20,21)22/h5-10H,4H2,1-3H3. The quantitative estimate of drug-likeness (QED) is 0.475. The van der Waals surface area contributed by atoms with Crippen molar-refractivity contribution in [3.63, 3.8) is 0 Å². The van der Waals surface area contributed by atoms with E-state index in [0.29, 0.717) is 22.5 Å². The number of aryl methyl sites for hydroxylation is 1. The number of hydrogen-bond donors (Lipinski definition) is 0. The van der Waals surface area contributed by atoms with Crippen LogP contribution in [0.5, 0.6) is 0 Å². The molecule has 4 aromatic heterocycles. The highest BCUT2D eigenvalue weighted by Crippen LogP contribution is 2.39. The Morgan fingerprint density at radius 3 is 2.70 bits per heavy atom. The minimum Gasteiger partial charge on any atom is -0.462 e. The molecule has 4 rings (SSSR count). The zero-order valence-corrected chi connectivity index (χ0v) is 16.3. The molecule has 0 aliphatic rings. The summed E-state index contributed by atoms with van der Waals surface area (Å²) >= 11 is 0. The van der Waals surface area contributed by atoms with E-state index < -0.39 is 17.8 Å². The van der Waals surface area contributed by atoms with Crippen LogP contribution in [0, 0.1) is 6.92 Å². The van der Waals surface area contributed by atoms with Crippen LogP contribution in [0.3, 0.4) is 0 Å². The number of halogens is 3. The summed E-state index contributed by atoms with van der Waals surface area (Å²) < 4.78 is 49.7. The van der Waals surface area contributed by atoms with Gasteiger partial charge in [-0.25, -0.2) is 14.0 Å². The Bertz CT molecular complexity index is 1250. The summed E-state index contributed by atoms with van der Waals surface area (Å²) in [5.41, 5.74) is 0.945. The summed E-state index contributed by atoms with van der Waals surface area (Å²) in [6.45, 7) is 3.51. The average Bonchev–Trinajstić information content (AvgIpc) is 3.39. The van der Waals surface area contributed by atoms with Gasteiger partial charge in [0.1, 0.15) is 0 Å². The van der Waals surface area contributed by atoms with Gasteiger partial charge in [-0.15, -0.1) is 0 Å². The van der Waals surface area contributed by atoms with Gasteiger partial charge in [0.15, 0.2) is 5.69 Å². The van der Waals surface area contributed by atoms with Gasteiger partial charge in [0.2, 0.25) is 0 Å². The number of rotatable bonds is 4. The van der Waals surface area contributed by atoms with Gasteiger partial charge >= 0.3 is 12.1 Å². The number of aromatic nitrogens is 6. The fraction of sp³-hybridized carbons (Fsp3) is 0.263. The summed E-state index contributed by atoms with van der Waals surface area (Å²) in [6, 6.07) is 3.34. The lowest BCUT2D eigenvalue weighted by molar-refractivity contribution is -0.140. The van der Waals surface area contributed by atoms with Crippen LogP contribution in [0.1, 0.15) is 28.7 Å². The highest BCUT2D eigenvalue weighted by molar-refractivity contribution is 5.89. The lowest BCUT2D eigenvalue weighted by Crippen LogP contribution is -2.08. The number of hydrogen-bond acceptors (Lipinski definition) is 5. The first-order valence-corrected chi connectivity index (χ1v) is 9.01. The monoisotopic (exact) mass is 418 g/mol. The molecule has 0 aromatic carbocycles. The zero-order chi connectivity index (χ0) is 21.6. The second kappa shape index (κ2) is 7.01. The van der Waals surface area contributed by atoms with E-state index in [4.69, 9.17) is 4.74 Å². The van der Waals surface area contributed by atoms with Crippen LogP contribution in [0.4, 0.5) is 13.2 Å². The second-order valence-electron chi connectivity index (χ2n) is 6.60. The van der Waals surface area contributed by atoms with Gasteiger partial charge < -0.3 is 4.74 Å². The molecule has 0 aliphatic heterocycles. The summed E-state index contributed by atoms with van der Waals surface area (Å²) in [4.78, 5) is 11.9. The molecule has 0 saturated heterocycles. The third-order valence-corrected chi connectivity index (χ3v) is 4.74. The third kappa shape index (κ3) is 3.21. The number of carbonyl (C=O) groups excluding carboxylic acids is 1. The fourth-order valence-electron chi connectivity index (χ4n) is 3.22. The molecular weight excluding hydrogens is 401 g/mol. The van der Waals surface area contributed by atoms with Crippen LogP contribution < -0.4 is 0 Å². The number of carbonyl (C=O) groups is 1. The molecule has 8 nitrogen and oxygen atoms in total. The van der Waals surface area contributed by atoms with Crippen molar-refractivity contribution in [2.75, 3.05) is 6.61 Å². The Hall–Kier alpha value is -3.63. The van der Waals surface area contributed by atoms with E-state index in [1.54, 1.807) is 32.2 Å². The lowest BCUT2D eigenvalue weighted by Gasteiger charge is -2.07. The number of esters is 1. The number of nitrogens with zero attached hydrogens (tertiary/aromatic N) is 6. The number of pyridine rings is 1. The topological polar surface area (TPSA) is 79.2 Å². The molecule has 0 atom stereocenters. The first-order chi connectivity index (χ1) is 14.2. The van der Waals surface area contributed by atoms with Crippen molar-refractivity contribution in [3.05, 3.63) is 53.9 Å². The maximum absolute atomic E-state index is 13.6. The highest BCUT2D eigenvalue weighted by atomic mass is 19.4. The summed E-state index contributed by atoms with van der Waals surface area (Å²) in [7, 11) is 1.46. The highest BCUT2D eigenvalue weighted by Gasteiger charge is 2.39. The normalized spacial score (nSPS) is 11.9. The van der Waals surface area contributed by atoms with Crippen LogP contribution in [-0.2, 0) is 18.0 Å². The summed E-state index contributed by atoms with van der Waals surface area (Å²) in [6.07, 6.45) is 1.25. The molecular formula is C19H17F3N6O2. The van der Waals surface area contributed by atoms with Crippen molar-refractivity contribution in [1.29, 1.82) is 0 Å². The van der Waals surface area contributed by atoms with Crippen LogP contribution in [0.15, 0.2) is 36.9 Å². The first-order valence-electron chi connectivity index (χ1n) is 9.01. The first kappa shape index (κ1) is 19.7. The van der Waals surface area contributed by atoms with Crippen LogP contribution in [0.2, 0.25) is 0 Å². The number of alkyl halides is 3. The average molecular weight is 418 g/mol. The van der Waals surface area contributed by atoms with Gasteiger partial charge in [-0.3, -0.25) is 4.68 Å². The van der Waals surface area contributed by atoms with Crippen molar-refractivity contribution in [2.45, 2.75) is 20.0 Å². The molecule has 0 spiro atoms. The van der Waals surface area contributed by atoms with Gasteiger partial charge in [0.05, 0.1) is 35.8 Å². The Balaban J connectivity index is 1.84. The van der Waals surface area contributed by atoms with E-state index in [9.17, 15) is 18.0 Å². The molecule has 0 N–H and O–H groups in total. The largest absolute Gasteiger partial charge is 0.462 e. The smallest absolute Gasteiger partial charge is 0.435 e. The van der Waals surface area contributed by atoms with E-state index in [1.165, 1.54) is 39.5 Å². The molecule has 4 heterocycles. The maximum Gasteiger partial charge on any atom is 0.435 e. The van der Waals surface area contributed by atoms with E-state index in [2.05, 4.69) is 15.3 Å². The summed E-state index contributed by atoms with van der Waals surface area (Å²) in [5, 5.41) is 12.0. The Kier molecular flexibility index (Phi) is 4.60. The van der Waals surface area contributed by atoms with Crippen molar-refractivity contribution >= 4 is 11.5 Å². The molecule has 11 heteroatoms. The lowest BCUT2D eigenvalue weighted by atomic mass is 10.0. The van der Waals surface area contributed by atoms with Crippen LogP contribution in [0.25, 0.3) is 22.3 Å². The molecule has 0 unspecified atom stereocenters. The minimum atomic E-state index is -4.61. The second-order valence-corrected chi connectivity index (χ2v) is 6.60. The molecule has 4 aromatic rings. The SMILES string of the molecule is CCOC(=O)c1cnn(-c2ccn3ncc(-c4c(C(F)(F)F)nn(C)c4C)c3c2)c1. The Labute approximate surface area is 168 Å². The van der Waals surface area contributed by atoms with Crippen LogP contribution >= 0.6 is 0 Å². The predicted molar refractivity (Wildman–Crippen MR) is 100 cm³/mol. The molecule has 30 heavy (non-hydrogen) atoms. The van der Waals surface area contributed by atoms with Gasteiger partial charge in [-0.2, -0.15) is 28.5 Å². The number of ether oxygens (including phenoxy) is 1. The molecule has 0 aliphatic carbocycles. The maximum atomic E-state index is 13.6. The van der Waals surface area contributed by atoms with Crippen LogP contribution in [-0.4, -0.2) is 41.8 Å². The molecule has 0 bridgehead atoms. The Morgan fingerprint density at radius 1 is 1.23 bits per heavy atom. The van der Waals surface area contributed by atoms with Crippen molar-refractivity contribution < 1.29 is 22.7 Å². The van der Waals surface area contributed by atoms with Gasteiger partial charge in [0.25, 0.3) is 0 Å². The van der Waals surface area contributed by atoms with Gasteiger partial charge in [0, 0.05) is 36.3 Å². The third-order valence-electron chi connectivity index (χ3n) is 4.74. The molecule has 0 amide bonds. The van der Waals surface area contributed by atoms with E-state index in [-0.39, 0.29) is 17.7 Å². The van der Waals surface area contributed by atoms with E-state index >= 15 is 0 Å². The molecule has 0 radical (unpaired) electrons. The minimum absolute atomic E-state index is 0.0233. The van der Waals surface area contributed by atoms with Gasteiger partial charge in [-0.05, 0) is 26.0 Å². The molecule has 0 saturated carbocycles. The predicted octanol–water partition coefficient (Wildman–Crippen LogP) is 3.42. The van der Waals surface area contributed by atoms with Crippen molar-refractivity contribution in [2.24, 2.45) is 7.05 Å². The fourth-order valence-corrected chi connectivity index (χ4v) is 3.22. The van der Waals surface area contributed by atoms with Crippen molar-refractivity contribution in [3.8, 4) is 16.8 Å². The zero-order valence-electron chi connectivity index (χ0n) is 16.3. The summed E-state index contributed by atoms with van der Waals surface area (Å²) in [5.74, 6) is -0.504. The molecule has 156 valence electrons. The van der Waals surface area contributed by atoms with E-state index in [0.717, 1.165) is 0 Å². The number of fused-ring (bicyclic) bond motifs is 1. The molecule has 0 fully saturated rings. The van der Waals surface area contributed by atoms with E-state index in [1.807, 2.05) is 0 Å². The van der Waals surface area contributed by atoms with Gasteiger partial charge in [-0.1, -0.05) is 0 Å².